The molecule has 0 aliphatic heterocycles. The maximum atomic E-state index is 11.8. The van der Waals surface area contributed by atoms with Crippen molar-refractivity contribution in [3.63, 3.8) is 0 Å². The van der Waals surface area contributed by atoms with Crippen molar-refractivity contribution in [1.29, 1.82) is 0 Å². The lowest BCUT2D eigenvalue weighted by Gasteiger charge is -2.19. The fourth-order valence-electron chi connectivity index (χ4n) is 2.19. The highest BCUT2D eigenvalue weighted by molar-refractivity contribution is 5.92. The van der Waals surface area contributed by atoms with E-state index in [2.05, 4.69) is 15.8 Å². The maximum absolute atomic E-state index is 11.8. The van der Waals surface area contributed by atoms with E-state index in [1.165, 1.54) is 6.08 Å². The number of benzene rings is 1. The molecule has 2 aromatic rings. The molecule has 0 saturated carbocycles. The molecule has 0 atom stereocenters. The van der Waals surface area contributed by atoms with Crippen LogP contribution in [0.25, 0.3) is 11.8 Å². The molecule has 0 unspecified atom stereocenters. The Bertz CT molecular complexity index is 850. The van der Waals surface area contributed by atoms with Gasteiger partial charge in [-0.15, -0.1) is 0 Å². The fourth-order valence-corrected chi connectivity index (χ4v) is 2.19. The second kappa shape index (κ2) is 8.39. The van der Waals surface area contributed by atoms with E-state index in [1.807, 2.05) is 29.8 Å². The van der Waals surface area contributed by atoms with Gasteiger partial charge in [-0.3, -0.25) is 10.2 Å². The van der Waals surface area contributed by atoms with E-state index in [4.69, 9.17) is 9.47 Å². The Kier molecular flexibility index (Phi) is 6.23. The summed E-state index contributed by atoms with van der Waals surface area (Å²) in [5.74, 6) is 0.149. The van der Waals surface area contributed by atoms with E-state index < -0.39 is 17.6 Å². The predicted molar refractivity (Wildman–Crippen MR) is 101 cm³/mol. The summed E-state index contributed by atoms with van der Waals surface area (Å²) in [7, 11) is 1.58. The van der Waals surface area contributed by atoms with Crippen molar-refractivity contribution in [3.05, 3.63) is 48.1 Å². The average molecular weight is 372 g/mol. The number of rotatable bonds is 4. The zero-order chi connectivity index (χ0) is 20.0. The molecule has 8 nitrogen and oxygen atoms in total. The minimum Gasteiger partial charge on any atom is -0.495 e. The van der Waals surface area contributed by atoms with Crippen LogP contribution in [-0.2, 0) is 9.53 Å². The summed E-state index contributed by atoms with van der Waals surface area (Å²) in [4.78, 5) is 27.5. The quantitative estimate of drug-likeness (QED) is 0.636. The molecule has 2 rings (SSSR count). The molecule has 0 radical (unpaired) electrons. The summed E-state index contributed by atoms with van der Waals surface area (Å²) in [6.45, 7) is 7.10. The molecule has 0 aliphatic rings. The van der Waals surface area contributed by atoms with Crippen molar-refractivity contribution in [3.8, 4) is 11.4 Å². The average Bonchev–Trinajstić information content (AvgIpc) is 3.02. The number of ether oxygens (including phenoxy) is 2. The highest BCUT2D eigenvalue weighted by atomic mass is 16.6. The number of hydrogen-bond acceptors (Lipinski definition) is 5. The van der Waals surface area contributed by atoms with E-state index >= 15 is 0 Å². The Labute approximate surface area is 158 Å². The summed E-state index contributed by atoms with van der Waals surface area (Å²) in [5.41, 5.74) is 6.29. The molecule has 2 N–H and O–H groups in total. The van der Waals surface area contributed by atoms with Gasteiger partial charge >= 0.3 is 6.09 Å². The first-order valence-electron chi connectivity index (χ1n) is 8.34. The fraction of sp³-hybridized carbons (Fsp3) is 0.316. The first kappa shape index (κ1) is 20.0. The minimum absolute atomic E-state index is 0.492. The van der Waals surface area contributed by atoms with Crippen LogP contribution >= 0.6 is 0 Å². The summed E-state index contributed by atoms with van der Waals surface area (Å²) in [6.07, 6.45) is 5.78. The number of nitrogens with one attached hydrogen (secondary N) is 2. The first-order chi connectivity index (χ1) is 12.7. The molecule has 0 bridgehead atoms. The summed E-state index contributed by atoms with van der Waals surface area (Å²) >= 11 is 0. The molecule has 144 valence electrons. The zero-order valence-electron chi connectivity index (χ0n) is 16.1. The SMILES string of the molecule is COc1cc(C=CC(=O)NNC(=O)OC(C)(C)C)ccc1-n1cnc(C)c1. The van der Waals surface area contributed by atoms with Gasteiger partial charge in [0.2, 0.25) is 0 Å². The van der Waals surface area contributed by atoms with Crippen molar-refractivity contribution >= 4 is 18.1 Å². The van der Waals surface area contributed by atoms with E-state index in [0.29, 0.717) is 5.75 Å². The third-order valence-corrected chi connectivity index (χ3v) is 3.31. The molecule has 8 heteroatoms. The number of aryl methyl sites for hydroxylation is 1. The number of imidazole rings is 1. The monoisotopic (exact) mass is 372 g/mol. The molecule has 1 heterocycles. The Morgan fingerprint density at radius 1 is 1.22 bits per heavy atom. The summed E-state index contributed by atoms with van der Waals surface area (Å²) in [5, 5.41) is 0. The van der Waals surface area contributed by atoms with Gasteiger partial charge in [-0.2, -0.15) is 0 Å². The molecule has 1 aromatic carbocycles. The lowest BCUT2D eigenvalue weighted by Crippen LogP contribution is -2.43. The number of nitrogens with zero attached hydrogens (tertiary/aromatic N) is 2. The molecular weight excluding hydrogens is 348 g/mol. The van der Waals surface area contributed by atoms with Crippen molar-refractivity contribution in [2.75, 3.05) is 7.11 Å². The third kappa shape index (κ3) is 6.18. The lowest BCUT2D eigenvalue weighted by molar-refractivity contribution is -0.117. The van der Waals surface area contributed by atoms with Crippen LogP contribution in [0, 0.1) is 6.92 Å². The van der Waals surface area contributed by atoms with Gasteiger partial charge in [0.05, 0.1) is 24.8 Å². The number of amides is 2. The summed E-state index contributed by atoms with van der Waals surface area (Å²) in [6, 6.07) is 5.52. The van der Waals surface area contributed by atoms with Gasteiger partial charge in [0.25, 0.3) is 5.91 Å². The highest BCUT2D eigenvalue weighted by Gasteiger charge is 2.16. The second-order valence-corrected chi connectivity index (χ2v) is 6.80. The van der Waals surface area contributed by atoms with Crippen molar-refractivity contribution in [1.82, 2.24) is 20.4 Å². The van der Waals surface area contributed by atoms with Gasteiger partial charge in [0, 0.05) is 12.3 Å². The topological polar surface area (TPSA) is 94.5 Å². The van der Waals surface area contributed by atoms with Gasteiger partial charge in [0.1, 0.15) is 11.4 Å². The van der Waals surface area contributed by atoms with E-state index in [-0.39, 0.29) is 0 Å². The van der Waals surface area contributed by atoms with Crippen LogP contribution in [0.4, 0.5) is 4.79 Å². The molecule has 0 aliphatic carbocycles. The molecule has 0 fully saturated rings. The molecule has 1 aromatic heterocycles. The molecule has 0 spiro atoms. The van der Waals surface area contributed by atoms with Crippen molar-refractivity contribution in [2.45, 2.75) is 33.3 Å². The Morgan fingerprint density at radius 2 is 1.96 bits per heavy atom. The van der Waals surface area contributed by atoms with Gasteiger partial charge < -0.3 is 14.0 Å². The van der Waals surface area contributed by atoms with Crippen LogP contribution in [0.1, 0.15) is 32.0 Å². The number of hydrazine groups is 1. The number of carbonyl (C=O) groups is 2. The van der Waals surface area contributed by atoms with Gasteiger partial charge in [-0.05, 0) is 51.5 Å². The van der Waals surface area contributed by atoms with Gasteiger partial charge in [-0.1, -0.05) is 6.07 Å². The van der Waals surface area contributed by atoms with Crippen molar-refractivity contribution < 1.29 is 19.1 Å². The van der Waals surface area contributed by atoms with Crippen LogP contribution in [0.5, 0.6) is 5.75 Å². The highest BCUT2D eigenvalue weighted by Crippen LogP contribution is 2.25. The second-order valence-electron chi connectivity index (χ2n) is 6.80. The Morgan fingerprint density at radius 3 is 2.56 bits per heavy atom. The summed E-state index contributed by atoms with van der Waals surface area (Å²) < 4.78 is 12.3. The van der Waals surface area contributed by atoms with Gasteiger partial charge in [-0.25, -0.2) is 15.2 Å². The normalized spacial score (nSPS) is 11.3. The molecular formula is C19H24N4O4. The predicted octanol–water partition coefficient (Wildman–Crippen LogP) is 2.76. The van der Waals surface area contributed by atoms with Crippen molar-refractivity contribution in [2.24, 2.45) is 0 Å². The molecule has 0 saturated heterocycles. The van der Waals surface area contributed by atoms with Crippen LogP contribution in [-0.4, -0.2) is 34.3 Å². The van der Waals surface area contributed by atoms with Crippen LogP contribution in [0.3, 0.4) is 0 Å². The first-order valence-corrected chi connectivity index (χ1v) is 8.34. The van der Waals surface area contributed by atoms with E-state index in [1.54, 1.807) is 46.4 Å². The largest absolute Gasteiger partial charge is 0.495 e. The number of hydrogen-bond donors (Lipinski definition) is 2. The number of methoxy groups -OCH3 is 1. The van der Waals surface area contributed by atoms with Crippen LogP contribution < -0.4 is 15.6 Å². The lowest BCUT2D eigenvalue weighted by atomic mass is 10.1. The number of aromatic nitrogens is 2. The minimum atomic E-state index is -0.731. The van der Waals surface area contributed by atoms with E-state index in [0.717, 1.165) is 16.9 Å². The standard InChI is InChI=1S/C19H24N4O4/c1-13-11-23(12-20-13)15-8-6-14(10-16(15)26-5)7-9-17(24)21-22-18(25)27-19(2,3)4/h6-12H,1-5H3,(H,21,24)(H,22,25). The Hall–Kier alpha value is -3.29. The van der Waals surface area contributed by atoms with Crippen LogP contribution in [0.2, 0.25) is 0 Å². The molecule has 2 amide bonds. The van der Waals surface area contributed by atoms with E-state index in [9.17, 15) is 9.59 Å². The number of carbonyl (C=O) groups excluding carboxylic acids is 2. The third-order valence-electron chi connectivity index (χ3n) is 3.31. The zero-order valence-corrected chi connectivity index (χ0v) is 16.1. The maximum Gasteiger partial charge on any atom is 0.426 e. The molecule has 27 heavy (non-hydrogen) atoms. The Balaban J connectivity index is 2.00. The smallest absolute Gasteiger partial charge is 0.426 e. The van der Waals surface area contributed by atoms with Crippen LogP contribution in [0.15, 0.2) is 36.8 Å². The van der Waals surface area contributed by atoms with Gasteiger partial charge in [0.15, 0.2) is 0 Å².